The van der Waals surface area contributed by atoms with Crippen molar-refractivity contribution in [3.63, 3.8) is 0 Å². The van der Waals surface area contributed by atoms with Crippen LogP contribution in [0.15, 0.2) is 35.0 Å². The van der Waals surface area contributed by atoms with Gasteiger partial charge in [0, 0.05) is 17.9 Å². The van der Waals surface area contributed by atoms with Crippen LogP contribution in [0.2, 0.25) is 0 Å². The summed E-state index contributed by atoms with van der Waals surface area (Å²) in [5, 5.41) is 47.1. The minimum Gasteiger partial charge on any atom is -0.595 e. The zero-order chi connectivity index (χ0) is 31.9. The molecule has 4 aliphatic rings. The average Bonchev–Trinajstić information content (AvgIpc) is 3.27. The summed E-state index contributed by atoms with van der Waals surface area (Å²) in [5.74, 6) is 2.57. The number of rotatable bonds is 8. The summed E-state index contributed by atoms with van der Waals surface area (Å²) in [6, 6.07) is 2.86. The van der Waals surface area contributed by atoms with E-state index in [1.807, 2.05) is 0 Å². The Kier molecular flexibility index (Phi) is 8.84. The van der Waals surface area contributed by atoms with Gasteiger partial charge < -0.3 is 30.3 Å². The van der Waals surface area contributed by atoms with Crippen molar-refractivity contribution >= 4 is 23.3 Å². The molecule has 0 saturated heterocycles. The number of allylic oxidation sites excluding steroid dienone is 2. The number of carbonyl (C=O) groups excluding carboxylic acids is 2. The zero-order valence-electron chi connectivity index (χ0n) is 25.6. The topological polar surface area (TPSA) is 165 Å². The van der Waals surface area contributed by atoms with E-state index in [4.69, 9.17) is 16.0 Å². The van der Waals surface area contributed by atoms with Crippen LogP contribution in [0.3, 0.4) is 0 Å². The maximum Gasteiger partial charge on any atom is 0.328 e. The van der Waals surface area contributed by atoms with E-state index in [0.717, 1.165) is 50.7 Å². The van der Waals surface area contributed by atoms with Gasteiger partial charge in [-0.2, -0.15) is 5.23 Å². The van der Waals surface area contributed by atoms with Crippen molar-refractivity contribution in [2.24, 2.45) is 33.7 Å². The molecule has 0 radical (unpaired) electrons. The van der Waals surface area contributed by atoms with Crippen molar-refractivity contribution in [3.8, 4) is 18.1 Å². The summed E-state index contributed by atoms with van der Waals surface area (Å²) in [7, 11) is 1.19. The first-order valence-electron chi connectivity index (χ1n) is 15.4. The Bertz CT molecular complexity index is 1400. The van der Waals surface area contributed by atoms with Gasteiger partial charge in [0.15, 0.2) is 12.4 Å². The molecule has 0 heterocycles. The van der Waals surface area contributed by atoms with E-state index in [1.165, 1.54) is 30.9 Å². The number of benzene rings is 1. The van der Waals surface area contributed by atoms with Gasteiger partial charge in [-0.05, 0) is 92.2 Å². The molecule has 0 aromatic heterocycles. The Hall–Kier alpha value is -3.43. The van der Waals surface area contributed by atoms with Gasteiger partial charge in [0.1, 0.15) is 11.6 Å². The SMILES string of the molecule is C#C[C@@]1(O)CC[C@@H]2[C@@H]3CCC4=CC(=NOCC(=O)N[C@H](Cc5ccc(O)c([NH+]([O-])O)c5)C(=O)OC)CC[C@]4(C)[C@H]3CC[C@]21C. The van der Waals surface area contributed by atoms with Crippen LogP contribution < -0.4 is 10.5 Å². The number of aliphatic hydroxyl groups is 1. The van der Waals surface area contributed by atoms with Crippen molar-refractivity contribution in [2.75, 3.05) is 13.7 Å². The summed E-state index contributed by atoms with van der Waals surface area (Å²) in [6.45, 7) is 4.16. The molecule has 1 unspecified atom stereocenters. The number of amides is 1. The highest BCUT2D eigenvalue weighted by atomic mass is 16.8. The van der Waals surface area contributed by atoms with E-state index in [2.05, 4.69) is 36.3 Å². The number of carbonyl (C=O) groups is 2. The van der Waals surface area contributed by atoms with Gasteiger partial charge in [0.2, 0.25) is 5.69 Å². The number of quaternary nitrogens is 1. The van der Waals surface area contributed by atoms with Gasteiger partial charge in [-0.1, -0.05) is 36.6 Å². The second kappa shape index (κ2) is 12.2. The van der Waals surface area contributed by atoms with E-state index >= 15 is 0 Å². The minimum atomic E-state index is -1.31. The lowest BCUT2D eigenvalue weighted by Gasteiger charge is -2.58. The molecular weight excluding hydrogens is 566 g/mol. The van der Waals surface area contributed by atoms with Crippen molar-refractivity contribution in [2.45, 2.75) is 83.3 Å². The molecule has 3 saturated carbocycles. The van der Waals surface area contributed by atoms with Crippen LogP contribution in [0.1, 0.15) is 70.8 Å². The van der Waals surface area contributed by atoms with Crippen molar-refractivity contribution in [3.05, 3.63) is 40.6 Å². The molecule has 8 atom stereocenters. The van der Waals surface area contributed by atoms with E-state index in [9.17, 15) is 30.2 Å². The molecular formula is C33H43N3O8. The van der Waals surface area contributed by atoms with Crippen LogP contribution in [0.5, 0.6) is 5.75 Å². The van der Waals surface area contributed by atoms with Crippen LogP contribution in [0, 0.1) is 46.1 Å². The van der Waals surface area contributed by atoms with Crippen LogP contribution in [-0.4, -0.2) is 58.4 Å². The Balaban J connectivity index is 1.20. The first-order chi connectivity index (χ1) is 20.8. The fraction of sp³-hybridized carbons (Fsp3) is 0.606. The van der Waals surface area contributed by atoms with Crippen molar-refractivity contribution in [1.29, 1.82) is 0 Å². The molecule has 5 rings (SSSR count). The number of phenols is 1. The second-order valence-electron chi connectivity index (χ2n) is 13.4. The molecule has 1 aromatic rings. The molecule has 0 bridgehead atoms. The van der Waals surface area contributed by atoms with Gasteiger partial charge in [0.05, 0.1) is 12.8 Å². The first-order valence-corrected chi connectivity index (χ1v) is 15.4. The monoisotopic (exact) mass is 609 g/mol. The van der Waals surface area contributed by atoms with E-state index in [-0.39, 0.29) is 22.9 Å². The number of esters is 1. The van der Waals surface area contributed by atoms with Crippen LogP contribution in [0.4, 0.5) is 5.69 Å². The third-order valence-corrected chi connectivity index (χ3v) is 11.3. The highest BCUT2D eigenvalue weighted by Crippen LogP contribution is 2.67. The molecule has 0 aliphatic heterocycles. The molecule has 11 heteroatoms. The van der Waals surface area contributed by atoms with Gasteiger partial charge in [-0.15, -0.1) is 6.42 Å². The summed E-state index contributed by atoms with van der Waals surface area (Å²) >= 11 is 0. The van der Waals surface area contributed by atoms with Crippen LogP contribution in [0.25, 0.3) is 0 Å². The number of nitrogens with one attached hydrogen (secondary N) is 2. The van der Waals surface area contributed by atoms with Crippen LogP contribution >= 0.6 is 0 Å². The summed E-state index contributed by atoms with van der Waals surface area (Å²) in [6.07, 6.45) is 15.2. The highest BCUT2D eigenvalue weighted by molar-refractivity contribution is 5.96. The normalized spacial score (nSPS) is 34.8. The van der Waals surface area contributed by atoms with Gasteiger partial charge >= 0.3 is 5.97 Å². The summed E-state index contributed by atoms with van der Waals surface area (Å²) in [4.78, 5) is 30.4. The Labute approximate surface area is 257 Å². The molecule has 5 N–H and O–H groups in total. The standard InChI is InChI=1S/C33H43N3O8/c1-5-33(40)15-12-25-23-8-7-21-18-22(10-13-31(21,2)24(23)11-14-32(25,33)3)35-44-19-29(38)34-26(30(39)43-4)16-20-6-9-28(37)27(17-20)36(41)42/h1,6,9,17-18,23-26,36-37,40-41H,7-8,10-16,19H2,2-4H3,(H,34,38)/t23-,24+,25-,26-,31+,32-,33-/m1/s1. The number of oxime groups is 1. The minimum absolute atomic E-state index is 0.0393. The number of hydrogen-bond acceptors (Lipinski definition) is 9. The molecule has 44 heavy (non-hydrogen) atoms. The fourth-order valence-corrected chi connectivity index (χ4v) is 8.76. The average molecular weight is 610 g/mol. The van der Waals surface area contributed by atoms with E-state index in [1.54, 1.807) is 0 Å². The fourth-order valence-electron chi connectivity index (χ4n) is 8.76. The van der Waals surface area contributed by atoms with Crippen molar-refractivity contribution in [1.82, 2.24) is 5.32 Å². The Morgan fingerprint density at radius 3 is 2.66 bits per heavy atom. The summed E-state index contributed by atoms with van der Waals surface area (Å²) in [5.41, 5.74) is 1.08. The molecule has 4 aliphatic carbocycles. The van der Waals surface area contributed by atoms with E-state index < -0.39 is 41.1 Å². The Morgan fingerprint density at radius 2 is 1.95 bits per heavy atom. The third-order valence-electron chi connectivity index (χ3n) is 11.3. The lowest BCUT2D eigenvalue weighted by molar-refractivity contribution is -0.991. The van der Waals surface area contributed by atoms with Crippen molar-refractivity contribution < 1.29 is 39.8 Å². The number of nitrogens with zero attached hydrogens (tertiary/aromatic N) is 1. The van der Waals surface area contributed by atoms with Crippen LogP contribution in [-0.2, 0) is 25.6 Å². The summed E-state index contributed by atoms with van der Waals surface area (Å²) < 4.78 is 4.81. The predicted octanol–water partition coefficient (Wildman–Crippen LogP) is 2.70. The van der Waals surface area contributed by atoms with Gasteiger partial charge in [-0.25, -0.2) is 10.0 Å². The number of ether oxygens (including phenoxy) is 1. The first kappa shape index (κ1) is 32.0. The predicted molar refractivity (Wildman–Crippen MR) is 160 cm³/mol. The number of fused-ring (bicyclic) bond motifs is 5. The molecule has 11 nitrogen and oxygen atoms in total. The third kappa shape index (κ3) is 5.60. The number of aromatic hydroxyl groups is 1. The second-order valence-corrected chi connectivity index (χ2v) is 13.4. The van der Waals surface area contributed by atoms with Gasteiger partial charge in [0.25, 0.3) is 5.91 Å². The Morgan fingerprint density at radius 1 is 1.20 bits per heavy atom. The molecule has 238 valence electrons. The zero-order valence-corrected chi connectivity index (χ0v) is 25.6. The van der Waals surface area contributed by atoms with E-state index in [0.29, 0.717) is 29.7 Å². The quantitative estimate of drug-likeness (QED) is 0.130. The molecule has 1 amide bonds. The number of hydrogen-bond donors (Lipinski definition) is 5. The molecule has 0 spiro atoms. The maximum atomic E-state index is 12.7. The molecule has 3 fully saturated rings. The molecule has 1 aromatic carbocycles. The number of terminal acetylenes is 1. The highest BCUT2D eigenvalue weighted by Gasteiger charge is 2.63. The lowest BCUT2D eigenvalue weighted by Crippen LogP contribution is -2.99. The number of methoxy groups -OCH3 is 1. The maximum absolute atomic E-state index is 12.7. The smallest absolute Gasteiger partial charge is 0.328 e. The number of phenolic OH excluding ortho intramolecular Hbond substituents is 1. The largest absolute Gasteiger partial charge is 0.595 e. The lowest BCUT2D eigenvalue weighted by atomic mass is 9.46. The van der Waals surface area contributed by atoms with Gasteiger partial charge in [-0.3, -0.25) is 4.79 Å².